The number of nitrogens with one attached hydrogen (secondary N) is 1. The first-order chi connectivity index (χ1) is 14.0. The van der Waals surface area contributed by atoms with Crippen LogP contribution in [0.5, 0.6) is 5.75 Å². The van der Waals surface area contributed by atoms with Gasteiger partial charge in [-0.1, -0.05) is 60.2 Å². The van der Waals surface area contributed by atoms with Crippen molar-refractivity contribution in [3.05, 3.63) is 47.0 Å². The summed E-state index contributed by atoms with van der Waals surface area (Å²) in [6.45, 7) is 2.42. The summed E-state index contributed by atoms with van der Waals surface area (Å²) in [6, 6.07) is 6.74. The van der Waals surface area contributed by atoms with Crippen LogP contribution in [-0.2, 0) is 13.6 Å². The highest BCUT2D eigenvalue weighted by Gasteiger charge is 2.14. The van der Waals surface area contributed by atoms with E-state index in [-0.39, 0.29) is 18.2 Å². The SMILES string of the molecule is Cc1cc(C(=O)NCc2cccc(OCCCCCCCCCBr)c2F)n(C)n1. The number of rotatable bonds is 13. The molecule has 0 aliphatic heterocycles. The molecule has 0 saturated heterocycles. The highest BCUT2D eigenvalue weighted by atomic mass is 79.9. The van der Waals surface area contributed by atoms with Crippen LogP contribution in [0.3, 0.4) is 0 Å². The summed E-state index contributed by atoms with van der Waals surface area (Å²) in [6.07, 6.45) is 8.22. The smallest absolute Gasteiger partial charge is 0.269 e. The fourth-order valence-corrected chi connectivity index (χ4v) is 3.55. The maximum absolute atomic E-state index is 14.7. The Balaban J connectivity index is 1.74. The number of aromatic nitrogens is 2. The second-order valence-electron chi connectivity index (χ2n) is 7.22. The Morgan fingerprint density at radius 3 is 2.52 bits per heavy atom. The van der Waals surface area contributed by atoms with Crippen LogP contribution < -0.4 is 10.1 Å². The number of amides is 1. The molecule has 0 aliphatic rings. The molecule has 1 heterocycles. The lowest BCUT2D eigenvalue weighted by Crippen LogP contribution is -2.25. The van der Waals surface area contributed by atoms with Crippen LogP contribution in [0.4, 0.5) is 4.39 Å². The number of hydrogen-bond donors (Lipinski definition) is 1. The van der Waals surface area contributed by atoms with Crippen molar-refractivity contribution in [3.8, 4) is 5.75 Å². The average molecular weight is 468 g/mol. The molecule has 1 N–H and O–H groups in total. The number of carbonyl (C=O) groups is 1. The number of unbranched alkanes of at least 4 members (excludes halogenated alkanes) is 6. The van der Waals surface area contributed by atoms with Crippen molar-refractivity contribution in [1.29, 1.82) is 0 Å². The van der Waals surface area contributed by atoms with Gasteiger partial charge >= 0.3 is 0 Å². The number of halogens is 2. The number of ether oxygens (including phenoxy) is 1. The van der Waals surface area contributed by atoms with Crippen molar-refractivity contribution in [2.75, 3.05) is 11.9 Å². The van der Waals surface area contributed by atoms with E-state index in [9.17, 15) is 9.18 Å². The molecule has 0 unspecified atom stereocenters. The van der Waals surface area contributed by atoms with Crippen LogP contribution in [0.15, 0.2) is 24.3 Å². The molecule has 29 heavy (non-hydrogen) atoms. The molecule has 1 amide bonds. The normalized spacial score (nSPS) is 10.9. The number of nitrogens with zero attached hydrogens (tertiary/aromatic N) is 2. The third-order valence-electron chi connectivity index (χ3n) is 4.75. The van der Waals surface area contributed by atoms with E-state index in [1.165, 1.54) is 36.8 Å². The number of benzene rings is 1. The van der Waals surface area contributed by atoms with E-state index in [1.807, 2.05) is 6.92 Å². The van der Waals surface area contributed by atoms with Crippen molar-refractivity contribution >= 4 is 21.8 Å². The van der Waals surface area contributed by atoms with Crippen molar-refractivity contribution in [1.82, 2.24) is 15.1 Å². The van der Waals surface area contributed by atoms with E-state index in [2.05, 4.69) is 26.3 Å². The van der Waals surface area contributed by atoms with Gasteiger partial charge < -0.3 is 10.1 Å². The van der Waals surface area contributed by atoms with E-state index >= 15 is 0 Å². The Kier molecular flexibility index (Phi) is 10.2. The molecule has 1 aromatic carbocycles. The zero-order chi connectivity index (χ0) is 21.1. The van der Waals surface area contributed by atoms with Gasteiger partial charge in [-0.15, -0.1) is 0 Å². The predicted molar refractivity (Wildman–Crippen MR) is 117 cm³/mol. The van der Waals surface area contributed by atoms with Crippen molar-refractivity contribution < 1.29 is 13.9 Å². The molecule has 1 aromatic heterocycles. The van der Waals surface area contributed by atoms with E-state index < -0.39 is 5.82 Å². The largest absolute Gasteiger partial charge is 0.491 e. The van der Waals surface area contributed by atoms with Crippen LogP contribution in [-0.4, -0.2) is 27.6 Å². The second-order valence-corrected chi connectivity index (χ2v) is 8.01. The van der Waals surface area contributed by atoms with Crippen LogP contribution in [0.2, 0.25) is 0 Å². The van der Waals surface area contributed by atoms with Gasteiger partial charge in [0.2, 0.25) is 0 Å². The molecule has 2 rings (SSSR count). The Bertz CT molecular complexity index is 779. The third-order valence-corrected chi connectivity index (χ3v) is 5.31. The van der Waals surface area contributed by atoms with Crippen molar-refractivity contribution in [3.63, 3.8) is 0 Å². The zero-order valence-electron chi connectivity index (χ0n) is 17.3. The number of carbonyl (C=O) groups excluding carboxylic acids is 1. The molecule has 160 valence electrons. The lowest BCUT2D eigenvalue weighted by molar-refractivity contribution is 0.0941. The lowest BCUT2D eigenvalue weighted by atomic mass is 10.1. The van der Waals surface area contributed by atoms with E-state index in [0.29, 0.717) is 17.9 Å². The van der Waals surface area contributed by atoms with E-state index in [0.717, 1.165) is 23.9 Å². The molecule has 0 radical (unpaired) electrons. The van der Waals surface area contributed by atoms with Gasteiger partial charge in [0.05, 0.1) is 12.3 Å². The fraction of sp³-hybridized carbons (Fsp3) is 0.545. The molecule has 0 aliphatic carbocycles. The Hall–Kier alpha value is -1.89. The first kappa shape index (κ1) is 23.4. The summed E-state index contributed by atoms with van der Waals surface area (Å²) in [7, 11) is 1.71. The van der Waals surface area contributed by atoms with Gasteiger partial charge in [-0.25, -0.2) is 4.39 Å². The number of hydrogen-bond acceptors (Lipinski definition) is 3. The highest BCUT2D eigenvalue weighted by molar-refractivity contribution is 9.09. The third kappa shape index (κ3) is 7.80. The Morgan fingerprint density at radius 2 is 1.86 bits per heavy atom. The molecule has 0 spiro atoms. The molecule has 2 aromatic rings. The first-order valence-corrected chi connectivity index (χ1v) is 11.4. The molecular weight excluding hydrogens is 437 g/mol. The van der Waals surface area contributed by atoms with Crippen LogP contribution in [0.1, 0.15) is 66.7 Å². The van der Waals surface area contributed by atoms with Gasteiger partial charge in [-0.2, -0.15) is 5.10 Å². The monoisotopic (exact) mass is 467 g/mol. The minimum absolute atomic E-state index is 0.0977. The van der Waals surface area contributed by atoms with Crippen LogP contribution in [0, 0.1) is 12.7 Å². The summed E-state index contributed by atoms with van der Waals surface area (Å²) < 4.78 is 21.8. The van der Waals surface area contributed by atoms with E-state index in [1.54, 1.807) is 31.3 Å². The summed E-state index contributed by atoms with van der Waals surface area (Å²) in [5, 5.41) is 7.98. The quantitative estimate of drug-likeness (QED) is 0.321. The van der Waals surface area contributed by atoms with Gasteiger partial charge in [0.1, 0.15) is 5.69 Å². The van der Waals surface area contributed by atoms with Crippen molar-refractivity contribution in [2.45, 2.75) is 58.4 Å². The van der Waals surface area contributed by atoms with Crippen molar-refractivity contribution in [2.24, 2.45) is 7.05 Å². The van der Waals surface area contributed by atoms with Crippen LogP contribution >= 0.6 is 15.9 Å². The molecule has 0 atom stereocenters. The molecule has 0 saturated carbocycles. The maximum Gasteiger partial charge on any atom is 0.269 e. The minimum atomic E-state index is -0.413. The first-order valence-electron chi connectivity index (χ1n) is 10.3. The Morgan fingerprint density at radius 1 is 1.17 bits per heavy atom. The highest BCUT2D eigenvalue weighted by Crippen LogP contribution is 2.21. The van der Waals surface area contributed by atoms with Gasteiger partial charge in [-0.05, 0) is 31.9 Å². The molecule has 0 bridgehead atoms. The molecule has 5 nitrogen and oxygen atoms in total. The number of aryl methyl sites for hydroxylation is 2. The lowest BCUT2D eigenvalue weighted by Gasteiger charge is -2.11. The summed E-state index contributed by atoms with van der Waals surface area (Å²) >= 11 is 3.45. The summed E-state index contributed by atoms with van der Waals surface area (Å²) in [5.41, 5.74) is 1.61. The van der Waals surface area contributed by atoms with Crippen LogP contribution in [0.25, 0.3) is 0 Å². The standard InChI is InChI=1S/C22H31BrFN3O2/c1-17-15-19(27(2)26-17)22(28)25-16-18-11-10-12-20(21(18)24)29-14-9-7-5-3-4-6-8-13-23/h10-12,15H,3-9,13-14,16H2,1-2H3,(H,25,28). The fourth-order valence-electron chi connectivity index (χ4n) is 3.16. The average Bonchev–Trinajstić information content (AvgIpc) is 3.04. The molecule has 0 fully saturated rings. The van der Waals surface area contributed by atoms with Gasteiger partial charge in [0.15, 0.2) is 11.6 Å². The summed E-state index contributed by atoms with van der Waals surface area (Å²) in [4.78, 5) is 12.3. The molecular formula is C22H31BrFN3O2. The Labute approximate surface area is 181 Å². The second kappa shape index (κ2) is 12.6. The summed E-state index contributed by atoms with van der Waals surface area (Å²) in [5.74, 6) is -0.454. The van der Waals surface area contributed by atoms with Gasteiger partial charge in [0.25, 0.3) is 5.91 Å². The minimum Gasteiger partial charge on any atom is -0.491 e. The predicted octanol–water partition coefficient (Wildman–Crippen LogP) is 5.30. The van der Waals surface area contributed by atoms with E-state index in [4.69, 9.17) is 4.74 Å². The molecule has 7 heteroatoms. The zero-order valence-corrected chi connectivity index (χ0v) is 18.9. The topological polar surface area (TPSA) is 56.1 Å². The maximum atomic E-state index is 14.7. The number of alkyl halides is 1. The van der Waals surface area contributed by atoms with Gasteiger partial charge in [-0.3, -0.25) is 9.48 Å². The van der Waals surface area contributed by atoms with Gasteiger partial charge in [0, 0.05) is 24.5 Å².